The molecule has 0 saturated heterocycles. The number of fused-ring (bicyclic) bond motifs is 1. The van der Waals surface area contributed by atoms with Gasteiger partial charge in [0, 0.05) is 26.2 Å². The molecular weight excluding hydrogens is 284 g/mol. The Balaban J connectivity index is 1.59. The normalized spacial score (nSPS) is 15.9. The number of aromatic nitrogens is 3. The monoisotopic (exact) mass is 304 g/mol. The smallest absolute Gasteiger partial charge is 0.350 e. The van der Waals surface area contributed by atoms with Crippen molar-refractivity contribution in [1.82, 2.24) is 19.1 Å². The van der Waals surface area contributed by atoms with Gasteiger partial charge in [-0.1, -0.05) is 6.07 Å². The molecule has 1 saturated carbocycles. The van der Waals surface area contributed by atoms with Crippen molar-refractivity contribution in [2.45, 2.75) is 31.9 Å². The van der Waals surface area contributed by atoms with Crippen LogP contribution in [0.4, 0.5) is 0 Å². The van der Waals surface area contributed by atoms with Crippen molar-refractivity contribution in [2.24, 2.45) is 5.92 Å². The molecule has 2 aromatic rings. The van der Waals surface area contributed by atoms with Crippen LogP contribution in [0.5, 0.6) is 0 Å². The Labute approximate surface area is 127 Å². The quantitative estimate of drug-likeness (QED) is 0.822. The highest BCUT2D eigenvalue weighted by atomic mass is 16.3. The maximum atomic E-state index is 12.1. The number of pyridine rings is 1. The van der Waals surface area contributed by atoms with E-state index in [4.69, 9.17) is 0 Å². The fourth-order valence-corrected chi connectivity index (χ4v) is 2.52. The first-order valence-electron chi connectivity index (χ1n) is 7.52. The van der Waals surface area contributed by atoms with Crippen LogP contribution in [0.3, 0.4) is 0 Å². The summed E-state index contributed by atoms with van der Waals surface area (Å²) >= 11 is 0. The van der Waals surface area contributed by atoms with Gasteiger partial charge in [0.1, 0.15) is 0 Å². The van der Waals surface area contributed by atoms with E-state index in [0.717, 1.165) is 12.8 Å². The number of hydrogen-bond acceptors (Lipinski definition) is 4. The van der Waals surface area contributed by atoms with Crippen LogP contribution in [-0.2, 0) is 11.3 Å². The van der Waals surface area contributed by atoms with E-state index in [1.165, 1.54) is 14.0 Å². The summed E-state index contributed by atoms with van der Waals surface area (Å²) in [6.07, 6.45) is 3.49. The average molecular weight is 304 g/mol. The standard InChI is InChI=1S/C15H20N4O3/c1-17(10-12(20)11-5-6-11)14(21)7-9-19-15(22)18-8-3-2-4-13(18)16-19/h2-4,8,11-12,20H,5-7,9-10H2,1H3. The molecule has 22 heavy (non-hydrogen) atoms. The third kappa shape index (κ3) is 3.04. The highest BCUT2D eigenvalue weighted by Gasteiger charge is 2.31. The van der Waals surface area contributed by atoms with Gasteiger partial charge in [0.2, 0.25) is 5.91 Å². The molecule has 0 aliphatic heterocycles. The Morgan fingerprint density at radius 1 is 1.50 bits per heavy atom. The van der Waals surface area contributed by atoms with Crippen molar-refractivity contribution in [2.75, 3.05) is 13.6 Å². The molecule has 0 aromatic carbocycles. The van der Waals surface area contributed by atoms with Crippen molar-refractivity contribution in [3.63, 3.8) is 0 Å². The molecule has 7 nitrogen and oxygen atoms in total. The molecule has 1 aliphatic carbocycles. The maximum absolute atomic E-state index is 12.1. The van der Waals surface area contributed by atoms with E-state index in [1.54, 1.807) is 25.4 Å². The van der Waals surface area contributed by atoms with Crippen LogP contribution in [0, 0.1) is 5.92 Å². The van der Waals surface area contributed by atoms with Gasteiger partial charge in [-0.25, -0.2) is 9.48 Å². The summed E-state index contributed by atoms with van der Waals surface area (Å²) in [5, 5.41) is 14.1. The Bertz CT molecular complexity index is 732. The molecule has 1 aliphatic rings. The summed E-state index contributed by atoms with van der Waals surface area (Å²) in [5.41, 5.74) is 0.321. The fraction of sp³-hybridized carbons (Fsp3) is 0.533. The lowest BCUT2D eigenvalue weighted by Crippen LogP contribution is -2.36. The second-order valence-electron chi connectivity index (χ2n) is 5.86. The number of hydrogen-bond donors (Lipinski definition) is 1. The molecule has 0 bridgehead atoms. The number of carbonyl (C=O) groups excluding carboxylic acids is 1. The van der Waals surface area contributed by atoms with E-state index in [1.807, 2.05) is 6.07 Å². The van der Waals surface area contributed by atoms with Gasteiger partial charge in [-0.15, -0.1) is 5.10 Å². The zero-order valence-corrected chi connectivity index (χ0v) is 12.6. The van der Waals surface area contributed by atoms with E-state index < -0.39 is 6.10 Å². The van der Waals surface area contributed by atoms with Gasteiger partial charge in [0.05, 0.1) is 12.6 Å². The lowest BCUT2D eigenvalue weighted by atomic mass is 10.2. The minimum Gasteiger partial charge on any atom is -0.391 e. The third-order valence-corrected chi connectivity index (χ3v) is 4.08. The molecule has 0 spiro atoms. The average Bonchev–Trinajstić information content (AvgIpc) is 3.31. The predicted octanol–water partition coefficient (Wildman–Crippen LogP) is 0.115. The Hall–Kier alpha value is -2.15. The topological polar surface area (TPSA) is 79.8 Å². The lowest BCUT2D eigenvalue weighted by Gasteiger charge is -2.20. The van der Waals surface area contributed by atoms with E-state index in [-0.39, 0.29) is 24.6 Å². The maximum Gasteiger partial charge on any atom is 0.350 e. The molecule has 7 heteroatoms. The van der Waals surface area contributed by atoms with Crippen LogP contribution in [0.25, 0.3) is 5.65 Å². The van der Waals surface area contributed by atoms with Crippen molar-refractivity contribution in [1.29, 1.82) is 0 Å². The Morgan fingerprint density at radius 2 is 2.27 bits per heavy atom. The third-order valence-electron chi connectivity index (χ3n) is 4.08. The highest BCUT2D eigenvalue weighted by Crippen LogP contribution is 2.32. The number of aliphatic hydroxyl groups is 1. The van der Waals surface area contributed by atoms with E-state index >= 15 is 0 Å². The summed E-state index contributed by atoms with van der Waals surface area (Å²) in [7, 11) is 1.68. The Kier molecular flexibility index (Phi) is 3.98. The predicted molar refractivity (Wildman–Crippen MR) is 80.4 cm³/mol. The van der Waals surface area contributed by atoms with Crippen molar-refractivity contribution in [3.05, 3.63) is 34.9 Å². The largest absolute Gasteiger partial charge is 0.391 e. The zero-order chi connectivity index (χ0) is 15.7. The molecule has 118 valence electrons. The summed E-state index contributed by atoms with van der Waals surface area (Å²) in [4.78, 5) is 25.7. The molecule has 1 N–H and O–H groups in total. The molecular formula is C15H20N4O3. The van der Waals surface area contributed by atoms with Crippen LogP contribution in [0.15, 0.2) is 29.2 Å². The van der Waals surface area contributed by atoms with Crippen molar-refractivity contribution >= 4 is 11.6 Å². The number of likely N-dealkylation sites (N-methyl/N-ethyl adjacent to an activating group) is 1. The zero-order valence-electron chi connectivity index (χ0n) is 12.6. The molecule has 3 rings (SSSR count). The molecule has 1 atom stereocenters. The van der Waals surface area contributed by atoms with Crippen molar-refractivity contribution < 1.29 is 9.90 Å². The van der Waals surface area contributed by atoms with Crippen LogP contribution in [0.1, 0.15) is 19.3 Å². The SMILES string of the molecule is CN(CC(O)C1CC1)C(=O)CCn1nc2ccccn2c1=O. The van der Waals surface area contributed by atoms with Gasteiger partial charge in [-0.2, -0.15) is 0 Å². The summed E-state index contributed by atoms with van der Waals surface area (Å²) in [6.45, 7) is 0.590. The number of aliphatic hydroxyl groups excluding tert-OH is 1. The molecule has 1 unspecified atom stereocenters. The van der Waals surface area contributed by atoms with E-state index in [2.05, 4.69) is 5.10 Å². The second kappa shape index (κ2) is 5.92. The number of carbonyl (C=O) groups is 1. The number of rotatable bonds is 6. The molecule has 0 radical (unpaired) electrons. The summed E-state index contributed by atoms with van der Waals surface area (Å²) in [5.74, 6) is 0.250. The minimum atomic E-state index is -0.438. The molecule has 2 heterocycles. The van der Waals surface area contributed by atoms with Gasteiger partial charge in [-0.3, -0.25) is 9.20 Å². The molecule has 1 amide bonds. The fourth-order valence-electron chi connectivity index (χ4n) is 2.52. The van der Waals surface area contributed by atoms with Gasteiger partial charge in [0.25, 0.3) is 0 Å². The number of aryl methyl sites for hydroxylation is 1. The lowest BCUT2D eigenvalue weighted by molar-refractivity contribution is -0.131. The number of nitrogens with zero attached hydrogens (tertiary/aromatic N) is 4. The first-order valence-corrected chi connectivity index (χ1v) is 7.52. The Morgan fingerprint density at radius 3 is 2.95 bits per heavy atom. The molecule has 2 aromatic heterocycles. The minimum absolute atomic E-state index is 0.0938. The highest BCUT2D eigenvalue weighted by molar-refractivity contribution is 5.75. The van der Waals surface area contributed by atoms with Crippen molar-refractivity contribution in [3.8, 4) is 0 Å². The second-order valence-corrected chi connectivity index (χ2v) is 5.86. The van der Waals surface area contributed by atoms with Crippen LogP contribution in [0.2, 0.25) is 0 Å². The van der Waals surface area contributed by atoms with Gasteiger partial charge in [0.15, 0.2) is 5.65 Å². The first kappa shape index (κ1) is 14.8. The van der Waals surface area contributed by atoms with Crippen LogP contribution >= 0.6 is 0 Å². The van der Waals surface area contributed by atoms with E-state index in [9.17, 15) is 14.7 Å². The van der Waals surface area contributed by atoms with Gasteiger partial charge in [-0.05, 0) is 30.9 Å². The van der Waals surface area contributed by atoms with Gasteiger partial charge >= 0.3 is 5.69 Å². The summed E-state index contributed by atoms with van der Waals surface area (Å²) in [6, 6.07) is 5.32. The van der Waals surface area contributed by atoms with E-state index in [0.29, 0.717) is 18.1 Å². The van der Waals surface area contributed by atoms with Gasteiger partial charge < -0.3 is 10.0 Å². The molecule has 1 fully saturated rings. The summed E-state index contributed by atoms with van der Waals surface area (Å²) < 4.78 is 2.75. The van der Waals surface area contributed by atoms with Crippen LogP contribution in [-0.4, -0.2) is 49.8 Å². The number of amides is 1. The first-order chi connectivity index (χ1) is 10.6. The van der Waals surface area contributed by atoms with Crippen LogP contribution < -0.4 is 5.69 Å².